The van der Waals surface area contributed by atoms with Gasteiger partial charge in [0.15, 0.2) is 0 Å². The average molecular weight is 317 g/mol. The minimum atomic E-state index is 0.0698. The highest BCUT2D eigenvalue weighted by molar-refractivity contribution is 5.95. The number of carbonyl (C=O) groups is 1. The number of carbonyl (C=O) groups excluding carboxylic acids is 1. The molecule has 0 aliphatic carbocycles. The van der Waals surface area contributed by atoms with Gasteiger partial charge in [0.05, 0.1) is 11.9 Å². The zero-order chi connectivity index (χ0) is 16.5. The molecule has 0 aliphatic heterocycles. The van der Waals surface area contributed by atoms with Crippen LogP contribution in [0.2, 0.25) is 0 Å². The Morgan fingerprint density at radius 1 is 1.12 bits per heavy atom. The van der Waals surface area contributed by atoms with Gasteiger partial charge in [-0.3, -0.25) is 9.36 Å². The van der Waals surface area contributed by atoms with Gasteiger partial charge in [-0.25, -0.2) is 0 Å². The molecule has 0 atom stereocenters. The summed E-state index contributed by atoms with van der Waals surface area (Å²) in [6.45, 7) is 0.575. The first-order chi connectivity index (χ1) is 11.8. The lowest BCUT2D eigenvalue weighted by atomic mass is 10.1. The lowest BCUT2D eigenvalue weighted by Gasteiger charge is -2.05. The van der Waals surface area contributed by atoms with Crippen molar-refractivity contribution in [2.24, 2.45) is 5.73 Å². The molecule has 2 aromatic heterocycles. The van der Waals surface area contributed by atoms with Gasteiger partial charge in [0.25, 0.3) is 0 Å². The van der Waals surface area contributed by atoms with Crippen LogP contribution >= 0.6 is 0 Å². The number of para-hydroxylation sites is 1. The van der Waals surface area contributed by atoms with Crippen LogP contribution in [0.25, 0.3) is 21.8 Å². The maximum atomic E-state index is 12.8. The number of hydrogen-bond acceptors (Lipinski definition) is 2. The van der Waals surface area contributed by atoms with Gasteiger partial charge in [-0.1, -0.05) is 30.3 Å². The molecule has 4 nitrogen and oxygen atoms in total. The predicted molar refractivity (Wildman–Crippen MR) is 97.3 cm³/mol. The fourth-order valence-electron chi connectivity index (χ4n) is 3.28. The van der Waals surface area contributed by atoms with Crippen LogP contribution in [0.4, 0.5) is 0 Å². The first-order valence-electron chi connectivity index (χ1n) is 8.14. The summed E-state index contributed by atoms with van der Waals surface area (Å²) in [6.07, 6.45) is 4.99. The van der Waals surface area contributed by atoms with Crippen molar-refractivity contribution in [3.63, 3.8) is 0 Å². The lowest BCUT2D eigenvalue weighted by Crippen LogP contribution is -2.12. The van der Waals surface area contributed by atoms with E-state index in [-0.39, 0.29) is 5.91 Å². The molecule has 3 N–H and O–H groups in total. The van der Waals surface area contributed by atoms with Gasteiger partial charge in [0.2, 0.25) is 5.91 Å². The van der Waals surface area contributed by atoms with Gasteiger partial charge in [-0.05, 0) is 47.7 Å². The second-order valence-electron chi connectivity index (χ2n) is 6.05. The third kappa shape index (κ3) is 2.51. The fourth-order valence-corrected chi connectivity index (χ4v) is 3.28. The molecule has 0 saturated heterocycles. The number of nitrogens with two attached hydrogens (primary N) is 1. The first-order valence-corrected chi connectivity index (χ1v) is 8.14. The van der Waals surface area contributed by atoms with Crippen LogP contribution < -0.4 is 5.73 Å². The summed E-state index contributed by atoms with van der Waals surface area (Å²) in [6, 6.07) is 16.1. The highest BCUT2D eigenvalue weighted by Crippen LogP contribution is 2.22. The number of benzene rings is 2. The van der Waals surface area contributed by atoms with Gasteiger partial charge >= 0.3 is 0 Å². The maximum Gasteiger partial charge on any atom is 0.235 e. The molecular weight excluding hydrogens is 298 g/mol. The maximum absolute atomic E-state index is 12.8. The summed E-state index contributed by atoms with van der Waals surface area (Å²) in [5.74, 6) is 0.0698. The largest absolute Gasteiger partial charge is 0.361 e. The molecule has 4 aromatic rings. The Morgan fingerprint density at radius 2 is 2.00 bits per heavy atom. The molecule has 120 valence electrons. The minimum absolute atomic E-state index is 0.0698. The minimum Gasteiger partial charge on any atom is -0.361 e. The van der Waals surface area contributed by atoms with E-state index in [0.29, 0.717) is 13.0 Å². The highest BCUT2D eigenvalue weighted by Gasteiger charge is 2.13. The number of nitrogens with one attached hydrogen (secondary N) is 1. The number of H-pyrrole nitrogens is 1. The Bertz CT molecular complexity index is 1030. The Morgan fingerprint density at radius 3 is 2.88 bits per heavy atom. The van der Waals surface area contributed by atoms with Gasteiger partial charge in [-0.15, -0.1) is 0 Å². The predicted octanol–water partition coefficient (Wildman–Crippen LogP) is 3.51. The molecule has 24 heavy (non-hydrogen) atoms. The number of aromatic nitrogens is 2. The number of fused-ring (bicyclic) bond motifs is 2. The van der Waals surface area contributed by atoms with E-state index in [0.717, 1.165) is 39.4 Å². The molecule has 0 fully saturated rings. The lowest BCUT2D eigenvalue weighted by molar-refractivity contribution is 0.0919. The topological polar surface area (TPSA) is 63.8 Å². The number of nitrogens with zero attached hydrogens (tertiary/aromatic N) is 1. The Hall–Kier alpha value is -2.85. The van der Waals surface area contributed by atoms with Crippen LogP contribution in [-0.4, -0.2) is 22.0 Å². The van der Waals surface area contributed by atoms with Crippen molar-refractivity contribution >= 4 is 27.7 Å². The zero-order valence-corrected chi connectivity index (χ0v) is 13.3. The average Bonchev–Trinajstić information content (AvgIpc) is 3.20. The quantitative estimate of drug-likeness (QED) is 0.605. The highest BCUT2D eigenvalue weighted by atomic mass is 16.2. The molecule has 0 saturated carbocycles. The third-order valence-electron chi connectivity index (χ3n) is 4.45. The summed E-state index contributed by atoms with van der Waals surface area (Å²) in [7, 11) is 0. The van der Waals surface area contributed by atoms with Gasteiger partial charge in [0.1, 0.15) is 0 Å². The summed E-state index contributed by atoms with van der Waals surface area (Å²) < 4.78 is 1.76. The molecule has 0 amide bonds. The van der Waals surface area contributed by atoms with Crippen molar-refractivity contribution in [1.82, 2.24) is 9.55 Å². The number of hydrogen-bond donors (Lipinski definition) is 2. The van der Waals surface area contributed by atoms with Crippen LogP contribution in [0.15, 0.2) is 60.9 Å². The smallest absolute Gasteiger partial charge is 0.235 e. The Labute approximate surface area is 139 Å². The summed E-state index contributed by atoms with van der Waals surface area (Å²) in [4.78, 5) is 16.0. The molecule has 4 rings (SSSR count). The van der Waals surface area contributed by atoms with E-state index in [1.54, 1.807) is 4.57 Å². The summed E-state index contributed by atoms with van der Waals surface area (Å²) >= 11 is 0. The molecule has 0 radical (unpaired) electrons. The normalized spacial score (nSPS) is 11.4. The van der Waals surface area contributed by atoms with E-state index in [1.807, 2.05) is 54.9 Å². The van der Waals surface area contributed by atoms with Crippen molar-refractivity contribution in [2.45, 2.75) is 12.8 Å². The molecule has 2 aromatic carbocycles. The number of aromatic amines is 1. The van der Waals surface area contributed by atoms with E-state index in [9.17, 15) is 4.79 Å². The number of rotatable bonds is 4. The van der Waals surface area contributed by atoms with E-state index < -0.39 is 0 Å². The monoisotopic (exact) mass is 317 g/mol. The molecule has 0 aliphatic rings. The van der Waals surface area contributed by atoms with E-state index in [1.165, 1.54) is 0 Å². The summed E-state index contributed by atoms with van der Waals surface area (Å²) in [5.41, 5.74) is 9.85. The summed E-state index contributed by atoms with van der Waals surface area (Å²) in [5, 5.41) is 2.26. The van der Waals surface area contributed by atoms with Crippen molar-refractivity contribution in [2.75, 3.05) is 6.54 Å². The van der Waals surface area contributed by atoms with Crippen molar-refractivity contribution in [3.05, 3.63) is 72.1 Å². The third-order valence-corrected chi connectivity index (χ3v) is 4.45. The first kappa shape index (κ1) is 14.7. The molecule has 0 unspecified atom stereocenters. The van der Waals surface area contributed by atoms with Crippen LogP contribution in [0.5, 0.6) is 0 Å². The van der Waals surface area contributed by atoms with Crippen molar-refractivity contribution in [3.8, 4) is 0 Å². The molecule has 4 heteroatoms. The second kappa shape index (κ2) is 5.98. The molecule has 0 bridgehead atoms. The van der Waals surface area contributed by atoms with Crippen LogP contribution in [0, 0.1) is 0 Å². The van der Waals surface area contributed by atoms with Crippen molar-refractivity contribution < 1.29 is 4.79 Å². The molecular formula is C20H19N3O. The molecule has 2 heterocycles. The molecule has 0 spiro atoms. The van der Waals surface area contributed by atoms with Gasteiger partial charge in [-0.2, -0.15) is 0 Å². The Kier molecular flexibility index (Phi) is 3.67. The van der Waals surface area contributed by atoms with Gasteiger partial charge < -0.3 is 10.7 Å². The van der Waals surface area contributed by atoms with E-state index in [2.05, 4.69) is 11.1 Å². The van der Waals surface area contributed by atoms with E-state index in [4.69, 9.17) is 5.73 Å². The fraction of sp³-hybridized carbons (Fsp3) is 0.150. The standard InChI is InChI=1S/C20H19N3O/c21-9-7-16-13-23(19-4-2-1-3-17(16)19)20(24)12-14-5-6-15-8-10-22-18(15)11-14/h1-6,8,10-11,13,22H,7,9,12,21H2. The van der Waals surface area contributed by atoms with Crippen LogP contribution in [0.3, 0.4) is 0 Å². The zero-order valence-electron chi connectivity index (χ0n) is 13.3. The van der Waals surface area contributed by atoms with Crippen molar-refractivity contribution in [1.29, 1.82) is 0 Å². The SMILES string of the molecule is NCCc1cn(C(=O)Cc2ccc3cc[nH]c3c2)c2ccccc12. The Balaban J connectivity index is 1.70. The van der Waals surface area contributed by atoms with Gasteiger partial charge in [0, 0.05) is 23.3 Å². The second-order valence-corrected chi connectivity index (χ2v) is 6.05. The van der Waals surface area contributed by atoms with E-state index >= 15 is 0 Å². The van der Waals surface area contributed by atoms with Crippen LogP contribution in [0.1, 0.15) is 15.9 Å². The van der Waals surface area contributed by atoms with Crippen LogP contribution in [-0.2, 0) is 12.8 Å².